The van der Waals surface area contributed by atoms with Crippen LogP contribution in [0.4, 0.5) is 0 Å². The van der Waals surface area contributed by atoms with Gasteiger partial charge in [0.1, 0.15) is 16.8 Å². The van der Waals surface area contributed by atoms with Crippen molar-refractivity contribution < 1.29 is 13.6 Å². The first-order valence-corrected chi connectivity index (χ1v) is 46.5. The zero-order valence-electron chi connectivity index (χ0n) is 81.1. The van der Waals surface area contributed by atoms with Gasteiger partial charge in [-0.2, -0.15) is 0 Å². The van der Waals surface area contributed by atoms with Crippen LogP contribution in [0, 0.1) is 0 Å². The van der Waals surface area contributed by atoms with Crippen molar-refractivity contribution in [1.29, 1.82) is 0 Å². The maximum absolute atomic E-state index is 9.68. The molecule has 0 saturated carbocycles. The van der Waals surface area contributed by atoms with Crippen molar-refractivity contribution in [2.24, 2.45) is 0 Å². The Morgan fingerprint density at radius 3 is 0.539 bits per heavy atom. The molecule has 638 valence electrons. The van der Waals surface area contributed by atoms with Gasteiger partial charge in [-0.05, 0) is 187 Å². The van der Waals surface area contributed by atoms with Crippen LogP contribution in [-0.4, -0.2) is 0 Å². The Morgan fingerprint density at radius 2 is 0.383 bits per heavy atom. The predicted molar refractivity (Wildman–Crippen MR) is 509 cm³/mol. The molecule has 0 aromatic heterocycles. The summed E-state index contributed by atoms with van der Waals surface area (Å²) >= 11 is 0. The van der Waals surface area contributed by atoms with E-state index in [1.165, 1.54) is 83.5 Å². The average molecular weight is 1580 g/mol. The summed E-state index contributed by atoms with van der Waals surface area (Å²) in [4.78, 5) is 0. The Morgan fingerprint density at radius 1 is 0.217 bits per heavy atom. The molecule has 6 rings (SSSR count). The molecule has 0 spiro atoms. The highest BCUT2D eigenvalue weighted by atomic mass is 31.2. The van der Waals surface area contributed by atoms with Crippen molar-refractivity contribution in [2.75, 3.05) is 0 Å². The lowest BCUT2D eigenvalue weighted by Crippen LogP contribution is -2.42. The van der Waals surface area contributed by atoms with E-state index >= 15 is 0 Å². The highest BCUT2D eigenvalue weighted by Gasteiger charge is 2.55. The molecule has 0 radical (unpaired) electrons. The summed E-state index contributed by atoms with van der Waals surface area (Å²) in [6, 6.07) is 45.1. The molecule has 0 aliphatic rings. The lowest BCUT2D eigenvalue weighted by molar-refractivity contribution is -0.0278. The van der Waals surface area contributed by atoms with Crippen LogP contribution in [0.1, 0.15) is 465 Å². The van der Waals surface area contributed by atoms with Crippen molar-refractivity contribution in [1.82, 2.24) is 0 Å². The van der Waals surface area contributed by atoms with Crippen molar-refractivity contribution >= 4 is 8.60 Å². The van der Waals surface area contributed by atoms with E-state index in [1.807, 2.05) is 0 Å². The van der Waals surface area contributed by atoms with Crippen LogP contribution in [0.2, 0.25) is 0 Å². The van der Waals surface area contributed by atoms with Gasteiger partial charge in [0, 0.05) is 16.2 Å². The highest BCUT2D eigenvalue weighted by molar-refractivity contribution is 7.41. The Balaban J connectivity index is 2.25. The van der Waals surface area contributed by atoms with Gasteiger partial charge in [0.15, 0.2) is 0 Å². The lowest BCUT2D eigenvalue weighted by Gasteiger charge is -2.49. The minimum atomic E-state index is -2.68. The number of hydrogen-bond donors (Lipinski definition) is 0. The third kappa shape index (κ3) is 23.7. The number of allylic oxidation sites excluding steroid dienone is 3. The van der Waals surface area contributed by atoms with Gasteiger partial charge < -0.3 is 0 Å². The Kier molecular flexibility index (Phi) is 32.1. The zero-order chi connectivity index (χ0) is 87.2. The maximum atomic E-state index is 9.68. The maximum Gasteiger partial charge on any atom is 0.336 e. The molecule has 6 aromatic rings. The summed E-state index contributed by atoms with van der Waals surface area (Å²) < 4.78 is 29.0. The second-order valence-corrected chi connectivity index (χ2v) is 47.1. The second-order valence-electron chi connectivity index (χ2n) is 46.1. The Hall–Kier alpha value is -5.15. The van der Waals surface area contributed by atoms with Crippen LogP contribution in [0.25, 0.3) is 0 Å². The van der Waals surface area contributed by atoms with Crippen molar-refractivity contribution in [3.8, 4) is 0 Å². The van der Waals surface area contributed by atoms with Gasteiger partial charge in [-0.15, -0.1) is 19.7 Å². The normalized spacial score (nSPS) is 15.4. The number of unbranched alkanes of at least 4 members (excludes halogenated alkanes) is 12. The molecule has 0 saturated heterocycles. The molecule has 3 unspecified atom stereocenters. The Bertz CT molecular complexity index is 3780. The van der Waals surface area contributed by atoms with Crippen LogP contribution in [0.15, 0.2) is 147 Å². The minimum absolute atomic E-state index is 0.161. The highest BCUT2D eigenvalue weighted by Crippen LogP contribution is 2.66. The van der Waals surface area contributed by atoms with Gasteiger partial charge in [0.05, 0.1) is 0 Å². The predicted octanol–water partition coefficient (Wildman–Crippen LogP) is 34.2. The summed E-state index contributed by atoms with van der Waals surface area (Å²) in [6.07, 6.45) is 24.4. The molecule has 0 aliphatic heterocycles. The Labute approximate surface area is 711 Å². The fraction of sp³-hybridized carbons (Fsp3) is 0.622. The van der Waals surface area contributed by atoms with Crippen molar-refractivity contribution in [3.63, 3.8) is 0 Å². The molecule has 0 amide bonds. The van der Waals surface area contributed by atoms with Crippen LogP contribution in [0.5, 0.6) is 0 Å². The van der Waals surface area contributed by atoms with Crippen LogP contribution < -0.4 is 0 Å². The first-order chi connectivity index (χ1) is 52.6. The molecule has 0 N–H and O–H groups in total. The number of rotatable bonds is 36. The smallest absolute Gasteiger partial charge is 0.296 e. The first kappa shape index (κ1) is 98.7. The molecular weight excluding hydrogens is 1410 g/mol. The molecule has 3 atom stereocenters. The van der Waals surface area contributed by atoms with Crippen molar-refractivity contribution in [3.05, 3.63) is 247 Å². The number of benzene rings is 6. The number of hydrogen-bond acceptors (Lipinski definition) is 3. The standard InChI is InChI=1S/C111H171O3P/c1-40-46-49-52-55-70-109(85-64-58-79(97(7,8)9)73-91(85)100(16,17)18,88-67-61-82(106(34,35)43-4)76-94(88)103(25,26)27)112-115(113-110(71-56-53-50-47-41-2,86-65-59-80(98(10,11)12)74-92(86)101(19,20)21)89-68-62-83(107(36,37)44-5)77-95(89)104(28,29)30)114-111(72-57-54-51-48-42-3,87-66-60-81(99(13,14)15)75-93(87)102(22,23)24)90-69-63-84(108(38,39)45-6)78-96(90)105(31,32)33/h43-45,58-69,73-78H,4-6,40-42,46-57,70-72H2,1-3,7-39H3. The van der Waals surface area contributed by atoms with E-state index in [-0.39, 0.29) is 65.0 Å². The van der Waals surface area contributed by atoms with Gasteiger partial charge in [0.2, 0.25) is 0 Å². The molecule has 115 heavy (non-hydrogen) atoms. The second kappa shape index (κ2) is 37.5. The van der Waals surface area contributed by atoms with E-state index in [0.29, 0.717) is 19.3 Å². The molecule has 0 aliphatic carbocycles. The topological polar surface area (TPSA) is 27.7 Å². The van der Waals surface area contributed by atoms with Gasteiger partial charge in [-0.25, -0.2) is 0 Å². The van der Waals surface area contributed by atoms with E-state index in [2.05, 4.69) is 396 Å². The van der Waals surface area contributed by atoms with Crippen LogP contribution in [-0.2, 0) is 95.4 Å². The molecular formula is C111H171O3P. The molecule has 4 heteroatoms. The lowest BCUT2D eigenvalue weighted by atomic mass is 9.68. The molecule has 3 nitrogen and oxygen atoms in total. The quantitative estimate of drug-likeness (QED) is 0.0223. The van der Waals surface area contributed by atoms with E-state index in [9.17, 15) is 13.6 Å². The van der Waals surface area contributed by atoms with Gasteiger partial charge in [-0.1, -0.05) is 454 Å². The van der Waals surface area contributed by atoms with E-state index in [4.69, 9.17) is 0 Å². The van der Waals surface area contributed by atoms with Gasteiger partial charge in [0.25, 0.3) is 0 Å². The third-order valence-electron chi connectivity index (χ3n) is 25.5. The molecule has 0 fully saturated rings. The summed E-state index contributed by atoms with van der Waals surface area (Å²) in [5.41, 5.74) is 14.7. The van der Waals surface area contributed by atoms with Crippen molar-refractivity contribution in [2.45, 2.75) is 447 Å². The summed E-state index contributed by atoms with van der Waals surface area (Å²) in [6.45, 7) is 99.7. The first-order valence-electron chi connectivity index (χ1n) is 45.4. The fourth-order valence-corrected chi connectivity index (χ4v) is 18.8. The molecule has 6 aromatic carbocycles. The van der Waals surface area contributed by atoms with Gasteiger partial charge >= 0.3 is 8.60 Å². The fourth-order valence-electron chi connectivity index (χ4n) is 17.1. The summed E-state index contributed by atoms with van der Waals surface area (Å²) in [5.74, 6) is 0. The van der Waals surface area contributed by atoms with Crippen LogP contribution >= 0.6 is 8.60 Å². The molecule has 0 heterocycles. The van der Waals surface area contributed by atoms with E-state index in [1.54, 1.807) is 0 Å². The third-order valence-corrected chi connectivity index (χ3v) is 26.9. The largest absolute Gasteiger partial charge is 0.336 e. The van der Waals surface area contributed by atoms with Gasteiger partial charge in [-0.3, -0.25) is 13.6 Å². The minimum Gasteiger partial charge on any atom is -0.296 e. The monoisotopic (exact) mass is 1580 g/mol. The summed E-state index contributed by atoms with van der Waals surface area (Å²) in [7, 11) is -2.68. The zero-order valence-corrected chi connectivity index (χ0v) is 82.0. The SMILES string of the molecule is C=CC(C)(C)c1ccc(C(CCCCCCC)(OP(OC(CCCCCCC)(c2ccc(C(C)(C)C)cc2C(C)(C)C)c2ccc(C(C)(C)C=C)cc2C(C)(C)C)OC(CCCCCCC)(c2ccc(C(C)(C)C)cc2C(C)(C)C)c2ccc(C(C)(C)C=C)cc2C(C)(C)C)c2ccc(C(C)(C)C)cc2C(C)(C)C)c(C(C)(C)C)c1. The average Bonchev–Trinajstić information content (AvgIpc) is 0.719. The van der Waals surface area contributed by atoms with E-state index < -0.39 is 25.4 Å². The van der Waals surface area contributed by atoms with Crippen LogP contribution in [0.3, 0.4) is 0 Å². The molecule has 0 bridgehead atoms. The van der Waals surface area contributed by atoms with E-state index in [0.717, 1.165) is 113 Å². The summed E-state index contributed by atoms with van der Waals surface area (Å²) in [5, 5.41) is 0.